The van der Waals surface area contributed by atoms with Gasteiger partial charge in [-0.1, -0.05) is 77.9 Å². The molecule has 0 bridgehead atoms. The molecular weight excluding hydrogens is 446 g/mol. The van der Waals surface area contributed by atoms with Crippen LogP contribution in [0.25, 0.3) is 11.0 Å². The van der Waals surface area contributed by atoms with Crippen molar-refractivity contribution in [1.29, 1.82) is 5.41 Å². The van der Waals surface area contributed by atoms with Gasteiger partial charge in [-0.05, 0) is 53.1 Å². The molecule has 0 spiro atoms. The quantitative estimate of drug-likeness (QED) is 0.320. The Kier molecular flexibility index (Phi) is 6.46. The minimum atomic E-state index is -0.322. The third kappa shape index (κ3) is 4.75. The van der Waals surface area contributed by atoms with Gasteiger partial charge in [0, 0.05) is 16.7 Å². The number of carbonyl (C=O) groups is 1. The largest absolute Gasteiger partial charge is 0.507 e. The Hall–Kier alpha value is -3.60. The number of hydrogen-bond acceptors (Lipinski definition) is 3. The predicted molar refractivity (Wildman–Crippen MR) is 146 cm³/mol. The van der Waals surface area contributed by atoms with Gasteiger partial charge in [-0.3, -0.25) is 10.2 Å². The first kappa shape index (κ1) is 25.5. The number of nitrogens with one attached hydrogen (secondary N) is 1. The number of ketones is 1. The SMILES string of the molecule is Cc1ccccc1Cn1c(=N)n(CC(=O)c2cc(C(C)(C)C)c(O)c(C(C)(C)C)c2)c2ccccc21. The van der Waals surface area contributed by atoms with E-state index in [2.05, 4.69) is 19.1 Å². The number of nitrogens with zero attached hydrogens (tertiary/aromatic N) is 2. The van der Waals surface area contributed by atoms with E-state index >= 15 is 0 Å². The van der Waals surface area contributed by atoms with E-state index in [9.17, 15) is 9.90 Å². The molecule has 0 aliphatic carbocycles. The van der Waals surface area contributed by atoms with Crippen molar-refractivity contribution < 1.29 is 9.90 Å². The van der Waals surface area contributed by atoms with E-state index in [0.29, 0.717) is 17.7 Å². The summed E-state index contributed by atoms with van der Waals surface area (Å²) in [7, 11) is 0. The van der Waals surface area contributed by atoms with Crippen LogP contribution in [0.1, 0.15) is 74.2 Å². The lowest BCUT2D eigenvalue weighted by Crippen LogP contribution is -2.28. The van der Waals surface area contributed by atoms with Crippen LogP contribution in [0, 0.1) is 12.3 Å². The van der Waals surface area contributed by atoms with Crippen molar-refractivity contribution in [3.05, 3.63) is 94.1 Å². The molecular formula is C31H37N3O2. The molecule has 1 heterocycles. The summed E-state index contributed by atoms with van der Waals surface area (Å²) in [5.41, 5.74) is 5.83. The molecule has 3 aromatic carbocycles. The number of benzene rings is 3. The summed E-state index contributed by atoms with van der Waals surface area (Å²) in [4.78, 5) is 13.7. The summed E-state index contributed by atoms with van der Waals surface area (Å²) < 4.78 is 3.75. The molecule has 36 heavy (non-hydrogen) atoms. The number of imidazole rings is 1. The molecule has 0 fully saturated rings. The fraction of sp³-hybridized carbons (Fsp3) is 0.355. The molecule has 0 aliphatic heterocycles. The van der Waals surface area contributed by atoms with Gasteiger partial charge in [-0.25, -0.2) is 0 Å². The molecule has 5 heteroatoms. The number of aromatic nitrogens is 2. The lowest BCUT2D eigenvalue weighted by molar-refractivity contribution is 0.0971. The molecule has 0 saturated heterocycles. The number of rotatable bonds is 5. The summed E-state index contributed by atoms with van der Waals surface area (Å²) in [5, 5.41) is 20.1. The van der Waals surface area contributed by atoms with Crippen molar-refractivity contribution in [1.82, 2.24) is 9.13 Å². The number of aryl methyl sites for hydroxylation is 1. The van der Waals surface area contributed by atoms with Gasteiger partial charge in [0.2, 0.25) is 5.62 Å². The fourth-order valence-corrected chi connectivity index (χ4v) is 4.75. The van der Waals surface area contributed by atoms with Crippen LogP contribution in [-0.2, 0) is 23.9 Å². The summed E-state index contributed by atoms with van der Waals surface area (Å²) in [6, 6.07) is 19.7. The molecule has 4 rings (SSSR count). The van der Waals surface area contributed by atoms with Gasteiger partial charge in [0.25, 0.3) is 0 Å². The first-order valence-electron chi connectivity index (χ1n) is 12.5. The third-order valence-electron chi connectivity index (χ3n) is 6.91. The lowest BCUT2D eigenvalue weighted by Gasteiger charge is -2.28. The Morgan fingerprint density at radius 1 is 0.833 bits per heavy atom. The molecule has 0 unspecified atom stereocenters. The molecule has 0 radical (unpaired) electrons. The summed E-state index contributed by atoms with van der Waals surface area (Å²) in [6.45, 7) is 14.9. The van der Waals surface area contributed by atoms with Gasteiger partial charge in [-0.2, -0.15) is 0 Å². The minimum Gasteiger partial charge on any atom is -0.507 e. The highest BCUT2D eigenvalue weighted by Gasteiger charge is 2.28. The van der Waals surface area contributed by atoms with Gasteiger partial charge in [-0.15, -0.1) is 0 Å². The van der Waals surface area contributed by atoms with Crippen LogP contribution in [-0.4, -0.2) is 20.0 Å². The second kappa shape index (κ2) is 9.12. The number of carbonyl (C=O) groups excluding carboxylic acids is 1. The van der Waals surface area contributed by atoms with Gasteiger partial charge >= 0.3 is 0 Å². The van der Waals surface area contributed by atoms with Crippen LogP contribution in [0.5, 0.6) is 5.75 Å². The van der Waals surface area contributed by atoms with Crippen LogP contribution < -0.4 is 5.62 Å². The first-order chi connectivity index (χ1) is 16.8. The zero-order valence-electron chi connectivity index (χ0n) is 22.4. The minimum absolute atomic E-state index is 0.0536. The van der Waals surface area contributed by atoms with Crippen molar-refractivity contribution in [2.24, 2.45) is 0 Å². The Morgan fingerprint density at radius 2 is 1.33 bits per heavy atom. The van der Waals surface area contributed by atoms with Gasteiger partial charge in [0.15, 0.2) is 5.78 Å². The number of phenolic OH excluding ortho intramolecular Hbond substituents is 1. The van der Waals surface area contributed by atoms with E-state index in [4.69, 9.17) is 5.41 Å². The lowest BCUT2D eigenvalue weighted by atomic mass is 9.78. The molecule has 0 saturated carbocycles. The number of hydrogen-bond donors (Lipinski definition) is 2. The van der Waals surface area contributed by atoms with Crippen LogP contribution in [0.3, 0.4) is 0 Å². The molecule has 4 aromatic rings. The van der Waals surface area contributed by atoms with E-state index in [-0.39, 0.29) is 28.9 Å². The molecule has 2 N–H and O–H groups in total. The Morgan fingerprint density at radius 3 is 1.86 bits per heavy atom. The Labute approximate surface area is 213 Å². The van der Waals surface area contributed by atoms with Crippen LogP contribution in [0.15, 0.2) is 60.7 Å². The van der Waals surface area contributed by atoms with Crippen molar-refractivity contribution >= 4 is 16.8 Å². The molecule has 0 amide bonds. The van der Waals surface area contributed by atoms with E-state index in [1.54, 1.807) is 4.57 Å². The highest BCUT2D eigenvalue weighted by atomic mass is 16.3. The highest BCUT2D eigenvalue weighted by Crippen LogP contribution is 2.40. The van der Waals surface area contributed by atoms with Crippen molar-refractivity contribution in [2.45, 2.75) is 72.4 Å². The molecule has 188 valence electrons. The Balaban J connectivity index is 1.81. The van der Waals surface area contributed by atoms with E-state index < -0.39 is 0 Å². The van der Waals surface area contributed by atoms with Crippen LogP contribution >= 0.6 is 0 Å². The summed E-state index contributed by atoms with van der Waals surface area (Å²) >= 11 is 0. The smallest absolute Gasteiger partial charge is 0.203 e. The van der Waals surface area contributed by atoms with Gasteiger partial charge in [0.1, 0.15) is 5.75 Å². The Bertz CT molecular complexity index is 1470. The average Bonchev–Trinajstić information content (AvgIpc) is 3.05. The molecule has 0 atom stereocenters. The summed E-state index contributed by atoms with van der Waals surface area (Å²) in [6.07, 6.45) is 0. The third-order valence-corrected chi connectivity index (χ3v) is 6.91. The average molecular weight is 484 g/mol. The zero-order valence-corrected chi connectivity index (χ0v) is 22.4. The zero-order chi connectivity index (χ0) is 26.4. The monoisotopic (exact) mass is 483 g/mol. The van der Waals surface area contributed by atoms with Crippen LogP contribution in [0.2, 0.25) is 0 Å². The standard InChI is InChI=1S/C31H37N3O2/c1-20-12-8-9-13-21(20)18-33-25-14-10-11-15-26(25)34(29(33)32)19-27(35)22-16-23(30(2,3)4)28(36)24(17-22)31(5,6)7/h8-17,32,36H,18-19H2,1-7H3. The molecule has 0 aliphatic rings. The number of Topliss-reactive ketones (excluding diaryl/α,β-unsaturated/α-hetero) is 1. The van der Waals surface area contributed by atoms with Crippen LogP contribution in [0.4, 0.5) is 0 Å². The normalized spacial score (nSPS) is 12.3. The molecule has 1 aromatic heterocycles. The summed E-state index contributed by atoms with van der Waals surface area (Å²) in [5.74, 6) is 0.179. The number of para-hydroxylation sites is 2. The second-order valence-electron chi connectivity index (χ2n) is 11.8. The second-order valence-corrected chi connectivity index (χ2v) is 11.8. The maximum atomic E-state index is 13.7. The highest BCUT2D eigenvalue weighted by molar-refractivity contribution is 5.97. The van der Waals surface area contributed by atoms with E-state index in [1.807, 2.05) is 94.6 Å². The topological polar surface area (TPSA) is 71.0 Å². The number of phenols is 1. The maximum absolute atomic E-state index is 13.7. The van der Waals surface area contributed by atoms with Crippen molar-refractivity contribution in [3.8, 4) is 5.75 Å². The van der Waals surface area contributed by atoms with Gasteiger partial charge in [0.05, 0.1) is 24.1 Å². The van der Waals surface area contributed by atoms with E-state index in [0.717, 1.165) is 27.7 Å². The van der Waals surface area contributed by atoms with Crippen molar-refractivity contribution in [3.63, 3.8) is 0 Å². The fourth-order valence-electron chi connectivity index (χ4n) is 4.75. The van der Waals surface area contributed by atoms with Crippen molar-refractivity contribution in [2.75, 3.05) is 0 Å². The van der Waals surface area contributed by atoms with Gasteiger partial charge < -0.3 is 14.2 Å². The number of fused-ring (bicyclic) bond motifs is 1. The number of aromatic hydroxyl groups is 1. The first-order valence-corrected chi connectivity index (χ1v) is 12.5. The van der Waals surface area contributed by atoms with E-state index in [1.165, 1.54) is 5.56 Å². The maximum Gasteiger partial charge on any atom is 0.203 e. The predicted octanol–water partition coefficient (Wildman–Crippen LogP) is 6.46. The molecule has 5 nitrogen and oxygen atoms in total.